The van der Waals surface area contributed by atoms with Gasteiger partial charge in [0, 0.05) is 50.4 Å². The topological polar surface area (TPSA) is 48.0 Å². The van der Waals surface area contributed by atoms with Gasteiger partial charge in [-0.15, -0.1) is 12.1 Å². The van der Waals surface area contributed by atoms with Crippen LogP contribution in [0.5, 0.6) is 0 Å². The van der Waals surface area contributed by atoms with Crippen LogP contribution in [-0.2, 0) is 20.1 Å². The number of hydrogen-bond donors (Lipinski definition) is 0. The zero-order chi connectivity index (χ0) is 19.6. The average Bonchev–Trinajstić information content (AvgIpc) is 3.48. The number of halogens is 1. The number of nitrogens with zero attached hydrogens (tertiary/aromatic N) is 5. The van der Waals surface area contributed by atoms with Crippen LogP contribution in [0.3, 0.4) is 0 Å². The molecule has 6 aromatic rings. The largest absolute Gasteiger partial charge is 0.340 e. The van der Waals surface area contributed by atoms with Crippen LogP contribution < -0.4 is 0 Å². The molecule has 0 unspecified atom stereocenters. The maximum absolute atomic E-state index is 13.3. The number of benzene rings is 2. The van der Waals surface area contributed by atoms with E-state index in [0.717, 1.165) is 27.6 Å². The van der Waals surface area contributed by atoms with Gasteiger partial charge in [-0.1, -0.05) is 29.7 Å². The fourth-order valence-corrected chi connectivity index (χ4v) is 3.26. The summed E-state index contributed by atoms with van der Waals surface area (Å²) in [7, 11) is 0. The van der Waals surface area contributed by atoms with E-state index in [1.165, 1.54) is 6.07 Å². The fourth-order valence-electron chi connectivity index (χ4n) is 3.26. The molecule has 0 saturated carbocycles. The number of para-hydroxylation sites is 2. The zero-order valence-corrected chi connectivity index (χ0v) is 17.9. The molecular weight excluding hydrogens is 558 g/mol. The Balaban J connectivity index is 0.000000157. The van der Waals surface area contributed by atoms with Gasteiger partial charge in [0.1, 0.15) is 5.95 Å². The van der Waals surface area contributed by atoms with E-state index in [1.807, 2.05) is 71.4 Å². The molecule has 0 aliphatic rings. The van der Waals surface area contributed by atoms with Gasteiger partial charge in [0.15, 0.2) is 0 Å². The third kappa shape index (κ3) is 3.61. The first-order chi connectivity index (χ1) is 14.3. The standard InChI is InChI=1S/C14H7FN3.C9H7N2.Ir/c15-12-6-5-10-13(17-12)9-3-1-2-4-11(9)18-8-7-16-14(10)18;1-2-5-9(6-3-1)11-8-4-7-10-11;/h1-4,6-8H;1-5,7-8H;/q2*-1;. The summed E-state index contributed by atoms with van der Waals surface area (Å²) in [6, 6.07) is 24.6. The summed E-state index contributed by atoms with van der Waals surface area (Å²) in [6.45, 7) is 0. The van der Waals surface area contributed by atoms with E-state index >= 15 is 0 Å². The Morgan fingerprint density at radius 2 is 1.77 bits per heavy atom. The number of imidazole rings is 1. The number of fused-ring (bicyclic) bond motifs is 6. The second-order valence-corrected chi connectivity index (χ2v) is 6.28. The Morgan fingerprint density at radius 1 is 0.900 bits per heavy atom. The van der Waals surface area contributed by atoms with Crippen LogP contribution in [0.15, 0.2) is 85.5 Å². The van der Waals surface area contributed by atoms with Gasteiger partial charge in [-0.2, -0.15) is 29.4 Å². The van der Waals surface area contributed by atoms with E-state index in [-0.39, 0.29) is 20.1 Å². The summed E-state index contributed by atoms with van der Waals surface area (Å²) in [5.41, 5.74) is 3.28. The zero-order valence-electron chi connectivity index (χ0n) is 15.5. The van der Waals surface area contributed by atoms with Crippen molar-refractivity contribution < 1.29 is 24.5 Å². The van der Waals surface area contributed by atoms with Crippen molar-refractivity contribution in [2.45, 2.75) is 0 Å². The molecule has 0 aliphatic heterocycles. The van der Waals surface area contributed by atoms with E-state index in [9.17, 15) is 4.39 Å². The average molecular weight is 572 g/mol. The molecule has 0 bridgehead atoms. The van der Waals surface area contributed by atoms with Crippen LogP contribution >= 0.6 is 0 Å². The molecule has 0 saturated heterocycles. The second-order valence-electron chi connectivity index (χ2n) is 6.28. The summed E-state index contributed by atoms with van der Waals surface area (Å²) in [6.07, 6.45) is 7.25. The molecule has 7 heteroatoms. The smallest absolute Gasteiger partial charge is 0.126 e. The predicted octanol–water partition coefficient (Wildman–Crippen LogP) is 4.64. The summed E-state index contributed by atoms with van der Waals surface area (Å²) in [4.78, 5) is 8.28. The molecule has 1 radical (unpaired) electrons. The van der Waals surface area contributed by atoms with Gasteiger partial charge in [0.25, 0.3) is 0 Å². The second kappa shape index (κ2) is 8.53. The normalized spacial score (nSPS) is 10.6. The quantitative estimate of drug-likeness (QED) is 0.164. The van der Waals surface area contributed by atoms with E-state index in [2.05, 4.69) is 27.2 Å². The first-order valence-electron chi connectivity index (χ1n) is 9.00. The molecule has 2 aromatic carbocycles. The van der Waals surface area contributed by atoms with E-state index in [0.29, 0.717) is 5.52 Å². The number of rotatable bonds is 1. The first-order valence-corrected chi connectivity index (χ1v) is 9.00. The Hall–Kier alpha value is -3.41. The molecule has 0 N–H and O–H groups in total. The van der Waals surface area contributed by atoms with Crippen LogP contribution in [-0.4, -0.2) is 24.1 Å². The van der Waals surface area contributed by atoms with Crippen LogP contribution in [0.4, 0.5) is 4.39 Å². The Labute approximate surface area is 185 Å². The van der Waals surface area contributed by atoms with Crippen molar-refractivity contribution in [2.24, 2.45) is 0 Å². The van der Waals surface area contributed by atoms with E-state index in [4.69, 9.17) is 0 Å². The SMILES string of the molecule is Fc1c[c-]c2c(n1)c1ccccc1n1ccnc21.[Ir].[c-]1ccccc1-n1cccn1. The van der Waals surface area contributed by atoms with Crippen molar-refractivity contribution in [3.8, 4) is 5.69 Å². The van der Waals surface area contributed by atoms with E-state index < -0.39 is 5.95 Å². The molecule has 0 amide bonds. The van der Waals surface area contributed by atoms with Crippen molar-refractivity contribution in [1.29, 1.82) is 0 Å². The fraction of sp³-hybridized carbons (Fsp3) is 0. The van der Waals surface area contributed by atoms with Gasteiger partial charge in [0.2, 0.25) is 0 Å². The van der Waals surface area contributed by atoms with Gasteiger partial charge < -0.3 is 9.38 Å². The van der Waals surface area contributed by atoms with Crippen molar-refractivity contribution in [3.63, 3.8) is 0 Å². The molecule has 4 heterocycles. The van der Waals surface area contributed by atoms with Crippen LogP contribution in [0, 0.1) is 18.1 Å². The van der Waals surface area contributed by atoms with Gasteiger partial charge >= 0.3 is 0 Å². The van der Waals surface area contributed by atoms with Crippen molar-refractivity contribution >= 4 is 27.5 Å². The number of hydrogen-bond acceptors (Lipinski definition) is 3. The molecule has 0 spiro atoms. The van der Waals surface area contributed by atoms with Crippen LogP contribution in [0.1, 0.15) is 0 Å². The van der Waals surface area contributed by atoms with Gasteiger partial charge in [-0.05, 0) is 28.7 Å². The van der Waals surface area contributed by atoms with Gasteiger partial charge in [-0.3, -0.25) is 9.67 Å². The Kier molecular flexibility index (Phi) is 5.65. The molecule has 0 aliphatic carbocycles. The molecule has 149 valence electrons. The molecule has 5 nitrogen and oxygen atoms in total. The molecule has 0 fully saturated rings. The summed E-state index contributed by atoms with van der Waals surface area (Å²) >= 11 is 0. The van der Waals surface area contributed by atoms with Crippen molar-refractivity contribution in [3.05, 3.63) is 104 Å². The minimum absolute atomic E-state index is 0. The first kappa shape index (κ1) is 19.9. The monoisotopic (exact) mass is 572 g/mol. The molecule has 30 heavy (non-hydrogen) atoms. The third-order valence-corrected chi connectivity index (χ3v) is 4.52. The van der Waals surface area contributed by atoms with Gasteiger partial charge in [0.05, 0.1) is 5.65 Å². The van der Waals surface area contributed by atoms with Crippen molar-refractivity contribution in [2.75, 3.05) is 0 Å². The predicted molar refractivity (Wildman–Crippen MR) is 109 cm³/mol. The third-order valence-electron chi connectivity index (χ3n) is 4.52. The Bertz CT molecular complexity index is 1410. The van der Waals surface area contributed by atoms with E-state index in [1.54, 1.807) is 17.1 Å². The minimum atomic E-state index is -0.524. The molecule has 6 rings (SSSR count). The van der Waals surface area contributed by atoms with Crippen LogP contribution in [0.2, 0.25) is 0 Å². The molecular formula is C23H14FIrN5-2. The van der Waals surface area contributed by atoms with Gasteiger partial charge in [-0.25, -0.2) is 4.39 Å². The maximum Gasteiger partial charge on any atom is 0.126 e. The van der Waals surface area contributed by atoms with Crippen molar-refractivity contribution in [1.82, 2.24) is 24.1 Å². The summed E-state index contributed by atoms with van der Waals surface area (Å²) in [5, 5.41) is 5.71. The summed E-state index contributed by atoms with van der Waals surface area (Å²) in [5.74, 6) is -0.524. The molecule has 0 atom stereocenters. The van der Waals surface area contributed by atoms with Crippen LogP contribution in [0.25, 0.3) is 33.1 Å². The summed E-state index contributed by atoms with van der Waals surface area (Å²) < 4.78 is 17.1. The number of aromatic nitrogens is 5. The number of pyridine rings is 2. The maximum atomic E-state index is 13.3. The minimum Gasteiger partial charge on any atom is -0.340 e. The molecule has 4 aromatic heterocycles. The Morgan fingerprint density at radius 3 is 2.57 bits per heavy atom.